The molecule has 1 aliphatic rings. The highest BCUT2D eigenvalue weighted by Crippen LogP contribution is 2.35. The number of ether oxygens (including phenoxy) is 3. The van der Waals surface area contributed by atoms with Crippen molar-refractivity contribution in [1.82, 2.24) is 20.3 Å². The summed E-state index contributed by atoms with van der Waals surface area (Å²) >= 11 is 6.52. The molecular formula is C29H30ClN5O4. The molecule has 3 heterocycles. The second-order valence-corrected chi connectivity index (χ2v) is 9.62. The molecule has 0 radical (unpaired) electrons. The van der Waals surface area contributed by atoms with Crippen molar-refractivity contribution in [2.75, 3.05) is 31.7 Å². The zero-order valence-corrected chi connectivity index (χ0v) is 22.4. The number of ketones is 1. The molecule has 202 valence electrons. The van der Waals surface area contributed by atoms with Crippen molar-refractivity contribution in [3.05, 3.63) is 77.8 Å². The summed E-state index contributed by atoms with van der Waals surface area (Å²) < 4.78 is 17.5. The van der Waals surface area contributed by atoms with Crippen LogP contribution in [-0.2, 0) is 16.1 Å². The van der Waals surface area contributed by atoms with Crippen LogP contribution in [0.25, 0.3) is 10.9 Å². The van der Waals surface area contributed by atoms with E-state index in [1.54, 1.807) is 18.3 Å². The smallest absolute Gasteiger partial charge is 0.181 e. The van der Waals surface area contributed by atoms with Gasteiger partial charge in [0, 0.05) is 18.5 Å². The summed E-state index contributed by atoms with van der Waals surface area (Å²) in [5.74, 6) is 1.68. The molecule has 0 saturated carbocycles. The molecule has 39 heavy (non-hydrogen) atoms. The highest BCUT2D eigenvalue weighted by Gasteiger charge is 2.41. The molecule has 5 rings (SSSR count). The maximum absolute atomic E-state index is 13.0. The topological polar surface area (TPSA) is 107 Å². The average molecular weight is 548 g/mol. The first-order chi connectivity index (χ1) is 19.1. The number of hydrogen-bond donors (Lipinski definition) is 2. The number of benzene rings is 2. The number of rotatable bonds is 12. The quantitative estimate of drug-likeness (QED) is 0.250. The minimum Gasteiger partial charge on any atom is -0.490 e. The Morgan fingerprint density at radius 2 is 2.00 bits per heavy atom. The number of halogens is 1. The van der Waals surface area contributed by atoms with E-state index in [0.29, 0.717) is 52.9 Å². The molecule has 2 aromatic heterocycles. The average Bonchev–Trinajstić information content (AvgIpc) is 3.45. The third-order valence-corrected chi connectivity index (χ3v) is 6.91. The van der Waals surface area contributed by atoms with Crippen molar-refractivity contribution in [3.63, 3.8) is 0 Å². The molecule has 0 spiro atoms. The van der Waals surface area contributed by atoms with Crippen LogP contribution in [-0.4, -0.2) is 52.6 Å². The van der Waals surface area contributed by atoms with Gasteiger partial charge in [0.05, 0.1) is 21.6 Å². The van der Waals surface area contributed by atoms with Gasteiger partial charge in [0.2, 0.25) is 0 Å². The highest BCUT2D eigenvalue weighted by molar-refractivity contribution is 6.32. The van der Waals surface area contributed by atoms with Gasteiger partial charge in [-0.1, -0.05) is 23.7 Å². The Morgan fingerprint density at radius 3 is 2.77 bits per heavy atom. The summed E-state index contributed by atoms with van der Waals surface area (Å²) in [6.45, 7) is 3.67. The lowest BCUT2D eigenvalue weighted by Crippen LogP contribution is -2.53. The van der Waals surface area contributed by atoms with E-state index in [9.17, 15) is 4.79 Å². The van der Waals surface area contributed by atoms with Gasteiger partial charge in [-0.25, -0.2) is 9.97 Å². The molecule has 0 unspecified atom stereocenters. The van der Waals surface area contributed by atoms with E-state index < -0.39 is 5.54 Å². The lowest BCUT2D eigenvalue weighted by molar-refractivity contribution is -0.130. The molecule has 1 fully saturated rings. The van der Waals surface area contributed by atoms with Crippen molar-refractivity contribution in [2.24, 2.45) is 0 Å². The van der Waals surface area contributed by atoms with Crippen molar-refractivity contribution in [2.45, 2.75) is 31.9 Å². The minimum absolute atomic E-state index is 0.00307. The molecule has 1 atom stereocenters. The molecule has 10 heteroatoms. The summed E-state index contributed by atoms with van der Waals surface area (Å²) in [5.41, 5.74) is 1.46. The summed E-state index contributed by atoms with van der Waals surface area (Å²) in [4.78, 5) is 26.1. The standard InChI is InChI=1S/C29H30ClN5O4/c1-2-37-17-26(36)29(12-6-14-34-29)18-39-25-9-5-8-23-27(25)28(33-19-32-23)35-20-10-11-24(22(30)15-20)38-16-21-7-3-4-13-31-21/h3-5,7-11,13,15,19,34H,2,6,12,14,16-18H2,1H3,(H,32,33,35)/t29-/m1/s1. The van der Waals surface area contributed by atoms with Crippen LogP contribution in [0.1, 0.15) is 25.5 Å². The number of nitrogens with zero attached hydrogens (tertiary/aromatic N) is 3. The van der Waals surface area contributed by atoms with Crippen molar-refractivity contribution in [3.8, 4) is 11.5 Å². The Bertz CT molecular complexity index is 1420. The molecule has 2 N–H and O–H groups in total. The molecule has 9 nitrogen and oxygen atoms in total. The number of anilines is 2. The zero-order valence-electron chi connectivity index (χ0n) is 21.7. The number of aromatic nitrogens is 3. The van der Waals surface area contributed by atoms with Gasteiger partial charge in [-0.05, 0) is 68.8 Å². The van der Waals surface area contributed by atoms with E-state index in [4.69, 9.17) is 25.8 Å². The van der Waals surface area contributed by atoms with Crippen LogP contribution in [0.2, 0.25) is 5.02 Å². The second kappa shape index (κ2) is 12.4. The first-order valence-electron chi connectivity index (χ1n) is 12.9. The van der Waals surface area contributed by atoms with E-state index in [0.717, 1.165) is 24.3 Å². The normalized spacial score (nSPS) is 16.8. The minimum atomic E-state index is -0.779. The predicted octanol–water partition coefficient (Wildman–Crippen LogP) is 5.11. The molecule has 1 saturated heterocycles. The lowest BCUT2D eigenvalue weighted by atomic mass is 9.93. The van der Waals surface area contributed by atoms with Gasteiger partial charge in [-0.15, -0.1) is 0 Å². The molecule has 2 aromatic carbocycles. The number of pyridine rings is 1. The first-order valence-corrected chi connectivity index (χ1v) is 13.3. The largest absolute Gasteiger partial charge is 0.490 e. The van der Waals surface area contributed by atoms with Gasteiger partial charge in [0.1, 0.15) is 49.0 Å². The molecule has 1 aliphatic heterocycles. The maximum atomic E-state index is 13.0. The van der Waals surface area contributed by atoms with E-state index >= 15 is 0 Å². The van der Waals surface area contributed by atoms with E-state index in [1.165, 1.54) is 6.33 Å². The van der Waals surface area contributed by atoms with Gasteiger partial charge in [-0.2, -0.15) is 0 Å². The summed E-state index contributed by atoms with van der Waals surface area (Å²) in [7, 11) is 0. The van der Waals surface area contributed by atoms with Gasteiger partial charge in [-0.3, -0.25) is 9.78 Å². The summed E-state index contributed by atoms with van der Waals surface area (Å²) in [6.07, 6.45) is 4.81. The van der Waals surface area contributed by atoms with Crippen LogP contribution in [0.5, 0.6) is 11.5 Å². The third kappa shape index (κ3) is 6.27. The van der Waals surface area contributed by atoms with Crippen molar-refractivity contribution >= 4 is 39.8 Å². The van der Waals surface area contributed by atoms with Crippen LogP contribution in [0.3, 0.4) is 0 Å². The van der Waals surface area contributed by atoms with Crippen LogP contribution in [0.4, 0.5) is 11.5 Å². The zero-order chi connectivity index (χ0) is 27.1. The fourth-order valence-electron chi connectivity index (χ4n) is 4.54. The van der Waals surface area contributed by atoms with Crippen LogP contribution >= 0.6 is 11.6 Å². The number of hydrogen-bond acceptors (Lipinski definition) is 9. The second-order valence-electron chi connectivity index (χ2n) is 9.21. The first kappa shape index (κ1) is 26.8. The van der Waals surface area contributed by atoms with Gasteiger partial charge >= 0.3 is 0 Å². The van der Waals surface area contributed by atoms with Crippen LogP contribution in [0, 0.1) is 0 Å². The van der Waals surface area contributed by atoms with E-state index in [-0.39, 0.29) is 19.0 Å². The number of Topliss-reactive ketones (excluding diaryl/α,β-unsaturated/α-hetero) is 1. The lowest BCUT2D eigenvalue weighted by Gasteiger charge is -2.28. The van der Waals surface area contributed by atoms with Gasteiger partial charge in [0.15, 0.2) is 5.78 Å². The number of nitrogens with one attached hydrogen (secondary N) is 2. The Balaban J connectivity index is 1.35. The van der Waals surface area contributed by atoms with Gasteiger partial charge < -0.3 is 24.8 Å². The Hall–Kier alpha value is -3.79. The SMILES string of the molecule is CCOCC(=O)[C@]1(COc2cccc3ncnc(Nc4ccc(OCc5ccccn5)c(Cl)c4)c23)CCCN1. The molecule has 4 aromatic rings. The Kier molecular flexibility index (Phi) is 8.51. The maximum Gasteiger partial charge on any atom is 0.181 e. The van der Waals surface area contributed by atoms with E-state index in [1.807, 2.05) is 49.4 Å². The van der Waals surface area contributed by atoms with Crippen LogP contribution < -0.4 is 20.1 Å². The number of carbonyl (C=O) groups excluding carboxylic acids is 1. The number of carbonyl (C=O) groups is 1. The third-order valence-electron chi connectivity index (χ3n) is 6.61. The molecule has 0 amide bonds. The summed E-state index contributed by atoms with van der Waals surface area (Å²) in [6, 6.07) is 16.7. The fourth-order valence-corrected chi connectivity index (χ4v) is 4.78. The monoisotopic (exact) mass is 547 g/mol. The highest BCUT2D eigenvalue weighted by atomic mass is 35.5. The van der Waals surface area contributed by atoms with Crippen LogP contribution in [0.15, 0.2) is 67.1 Å². The van der Waals surface area contributed by atoms with Crippen molar-refractivity contribution in [1.29, 1.82) is 0 Å². The van der Waals surface area contributed by atoms with Gasteiger partial charge in [0.25, 0.3) is 0 Å². The Morgan fingerprint density at radius 1 is 1.08 bits per heavy atom. The molecular weight excluding hydrogens is 518 g/mol. The molecule has 0 aliphatic carbocycles. The predicted molar refractivity (Wildman–Crippen MR) is 150 cm³/mol. The summed E-state index contributed by atoms with van der Waals surface area (Å²) in [5, 5.41) is 7.84. The van der Waals surface area contributed by atoms with Crippen molar-refractivity contribution < 1.29 is 19.0 Å². The number of fused-ring (bicyclic) bond motifs is 1. The Labute approximate surface area is 231 Å². The fraction of sp³-hybridized carbons (Fsp3) is 0.310. The molecule has 0 bridgehead atoms. The van der Waals surface area contributed by atoms with E-state index in [2.05, 4.69) is 25.6 Å².